The van der Waals surface area contributed by atoms with Crippen molar-refractivity contribution in [3.05, 3.63) is 35.8 Å². The SMILES string of the molecule is CCNC(c1cc2cc(F)ccc2o1)C1CCCCC1. The predicted octanol–water partition coefficient (Wildman–Crippen LogP) is 4.80. The highest BCUT2D eigenvalue weighted by molar-refractivity contribution is 5.78. The van der Waals surface area contributed by atoms with E-state index in [4.69, 9.17) is 4.42 Å². The average molecular weight is 275 g/mol. The number of nitrogens with one attached hydrogen (secondary N) is 1. The summed E-state index contributed by atoms with van der Waals surface area (Å²) in [6.45, 7) is 3.05. The Morgan fingerprint density at radius 2 is 2.05 bits per heavy atom. The number of benzene rings is 1. The number of hydrogen-bond acceptors (Lipinski definition) is 2. The van der Waals surface area contributed by atoms with E-state index < -0.39 is 0 Å². The second-order valence-electron chi connectivity index (χ2n) is 5.76. The Morgan fingerprint density at radius 1 is 1.25 bits per heavy atom. The van der Waals surface area contributed by atoms with Crippen molar-refractivity contribution in [3.8, 4) is 0 Å². The first-order valence-electron chi connectivity index (χ1n) is 7.70. The first-order valence-corrected chi connectivity index (χ1v) is 7.70. The summed E-state index contributed by atoms with van der Waals surface area (Å²) in [7, 11) is 0. The minimum absolute atomic E-state index is 0.206. The third kappa shape index (κ3) is 2.73. The van der Waals surface area contributed by atoms with Crippen LogP contribution in [0.5, 0.6) is 0 Å². The second-order valence-corrected chi connectivity index (χ2v) is 5.76. The number of furan rings is 1. The lowest BCUT2D eigenvalue weighted by atomic mass is 9.83. The lowest BCUT2D eigenvalue weighted by Crippen LogP contribution is -2.29. The maximum atomic E-state index is 13.3. The van der Waals surface area contributed by atoms with Gasteiger partial charge in [-0.05, 0) is 49.6 Å². The van der Waals surface area contributed by atoms with Gasteiger partial charge in [-0.1, -0.05) is 26.2 Å². The molecule has 0 saturated heterocycles. The van der Waals surface area contributed by atoms with Gasteiger partial charge in [0, 0.05) is 5.39 Å². The quantitative estimate of drug-likeness (QED) is 0.866. The molecule has 1 atom stereocenters. The minimum Gasteiger partial charge on any atom is -0.459 e. The van der Waals surface area contributed by atoms with Gasteiger partial charge >= 0.3 is 0 Å². The van der Waals surface area contributed by atoms with Crippen LogP contribution in [0.2, 0.25) is 0 Å². The van der Waals surface area contributed by atoms with Crippen LogP contribution in [0, 0.1) is 11.7 Å². The van der Waals surface area contributed by atoms with Crippen LogP contribution in [0.15, 0.2) is 28.7 Å². The zero-order valence-electron chi connectivity index (χ0n) is 12.0. The molecule has 3 rings (SSSR count). The van der Waals surface area contributed by atoms with Crippen LogP contribution >= 0.6 is 0 Å². The summed E-state index contributed by atoms with van der Waals surface area (Å²) in [5.41, 5.74) is 0.778. The molecule has 0 aliphatic heterocycles. The fourth-order valence-electron chi connectivity index (χ4n) is 3.37. The molecule has 2 nitrogen and oxygen atoms in total. The predicted molar refractivity (Wildman–Crippen MR) is 79.2 cm³/mol. The molecule has 1 fully saturated rings. The summed E-state index contributed by atoms with van der Waals surface area (Å²) in [6.07, 6.45) is 6.47. The molecule has 1 aliphatic carbocycles. The monoisotopic (exact) mass is 275 g/mol. The maximum absolute atomic E-state index is 13.3. The van der Waals surface area contributed by atoms with Gasteiger partial charge in [-0.25, -0.2) is 4.39 Å². The van der Waals surface area contributed by atoms with E-state index in [1.165, 1.54) is 38.2 Å². The van der Waals surface area contributed by atoms with Crippen molar-refractivity contribution in [1.29, 1.82) is 0 Å². The molecule has 1 saturated carbocycles. The molecule has 1 aliphatic rings. The second kappa shape index (κ2) is 5.96. The summed E-state index contributed by atoms with van der Waals surface area (Å²) < 4.78 is 19.3. The highest BCUT2D eigenvalue weighted by Crippen LogP contribution is 2.36. The molecule has 1 N–H and O–H groups in total. The van der Waals surface area contributed by atoms with Gasteiger partial charge in [0.1, 0.15) is 17.2 Å². The molecule has 2 aromatic rings. The third-order valence-electron chi connectivity index (χ3n) is 4.35. The number of hydrogen-bond donors (Lipinski definition) is 1. The third-order valence-corrected chi connectivity index (χ3v) is 4.35. The van der Waals surface area contributed by atoms with Crippen LogP contribution in [-0.2, 0) is 0 Å². The van der Waals surface area contributed by atoms with E-state index in [9.17, 15) is 4.39 Å². The first kappa shape index (κ1) is 13.6. The molecule has 1 unspecified atom stereocenters. The summed E-state index contributed by atoms with van der Waals surface area (Å²) in [4.78, 5) is 0. The van der Waals surface area contributed by atoms with E-state index in [0.717, 1.165) is 23.3 Å². The fourth-order valence-corrected chi connectivity index (χ4v) is 3.37. The molecule has 0 spiro atoms. The Bertz CT molecular complexity index is 571. The van der Waals surface area contributed by atoms with E-state index in [1.807, 2.05) is 6.07 Å². The van der Waals surface area contributed by atoms with E-state index in [1.54, 1.807) is 12.1 Å². The van der Waals surface area contributed by atoms with Gasteiger partial charge in [0.2, 0.25) is 0 Å². The van der Waals surface area contributed by atoms with Crippen LogP contribution in [0.25, 0.3) is 11.0 Å². The largest absolute Gasteiger partial charge is 0.459 e. The molecular weight excluding hydrogens is 253 g/mol. The fraction of sp³-hybridized carbons (Fsp3) is 0.529. The van der Waals surface area contributed by atoms with Crippen LogP contribution in [0.3, 0.4) is 0 Å². The van der Waals surface area contributed by atoms with Gasteiger partial charge in [0.25, 0.3) is 0 Å². The van der Waals surface area contributed by atoms with Crippen molar-refractivity contribution in [2.75, 3.05) is 6.54 Å². The van der Waals surface area contributed by atoms with Gasteiger partial charge in [-0.15, -0.1) is 0 Å². The lowest BCUT2D eigenvalue weighted by molar-refractivity contribution is 0.250. The Balaban J connectivity index is 1.91. The van der Waals surface area contributed by atoms with E-state index in [0.29, 0.717) is 5.92 Å². The normalized spacial score (nSPS) is 18.5. The van der Waals surface area contributed by atoms with Gasteiger partial charge in [0.05, 0.1) is 6.04 Å². The van der Waals surface area contributed by atoms with Crippen molar-refractivity contribution in [2.24, 2.45) is 5.92 Å². The van der Waals surface area contributed by atoms with E-state index >= 15 is 0 Å². The van der Waals surface area contributed by atoms with Crippen LogP contribution < -0.4 is 5.32 Å². The Labute approximate surface area is 119 Å². The van der Waals surface area contributed by atoms with Crippen molar-refractivity contribution >= 4 is 11.0 Å². The molecule has 0 bridgehead atoms. The van der Waals surface area contributed by atoms with Crippen molar-refractivity contribution < 1.29 is 8.81 Å². The van der Waals surface area contributed by atoms with Crippen molar-refractivity contribution in [3.63, 3.8) is 0 Å². The summed E-state index contributed by atoms with van der Waals surface area (Å²) in [5, 5.41) is 4.42. The first-order chi connectivity index (χ1) is 9.78. The zero-order chi connectivity index (χ0) is 13.9. The van der Waals surface area contributed by atoms with Crippen LogP contribution in [0.1, 0.15) is 50.8 Å². The van der Waals surface area contributed by atoms with Gasteiger partial charge in [0.15, 0.2) is 0 Å². The maximum Gasteiger partial charge on any atom is 0.134 e. The Hall–Kier alpha value is -1.35. The smallest absolute Gasteiger partial charge is 0.134 e. The molecule has 0 amide bonds. The Morgan fingerprint density at radius 3 is 2.80 bits per heavy atom. The van der Waals surface area contributed by atoms with Gasteiger partial charge in [-0.3, -0.25) is 0 Å². The summed E-state index contributed by atoms with van der Waals surface area (Å²) >= 11 is 0. The highest BCUT2D eigenvalue weighted by atomic mass is 19.1. The molecule has 0 radical (unpaired) electrons. The molecule has 1 aromatic carbocycles. The molecule has 108 valence electrons. The molecule has 1 aromatic heterocycles. The Kier molecular flexibility index (Phi) is 4.06. The molecule has 20 heavy (non-hydrogen) atoms. The van der Waals surface area contributed by atoms with E-state index in [-0.39, 0.29) is 11.9 Å². The lowest BCUT2D eigenvalue weighted by Gasteiger charge is -2.29. The van der Waals surface area contributed by atoms with Gasteiger partial charge < -0.3 is 9.73 Å². The zero-order valence-corrected chi connectivity index (χ0v) is 12.0. The number of fused-ring (bicyclic) bond motifs is 1. The summed E-state index contributed by atoms with van der Waals surface area (Å²) in [6, 6.07) is 6.99. The molecule has 1 heterocycles. The topological polar surface area (TPSA) is 25.2 Å². The minimum atomic E-state index is -0.206. The number of rotatable bonds is 4. The molecular formula is C17H22FNO. The summed E-state index contributed by atoms with van der Waals surface area (Å²) in [5.74, 6) is 1.39. The van der Waals surface area contributed by atoms with Gasteiger partial charge in [-0.2, -0.15) is 0 Å². The number of halogens is 1. The highest BCUT2D eigenvalue weighted by Gasteiger charge is 2.27. The standard InChI is InChI=1S/C17H22FNO/c1-2-19-17(12-6-4-3-5-7-12)16-11-13-10-14(18)8-9-15(13)20-16/h8-12,17,19H,2-7H2,1H3. The average Bonchev–Trinajstić information content (AvgIpc) is 2.88. The van der Waals surface area contributed by atoms with Crippen molar-refractivity contribution in [2.45, 2.75) is 45.1 Å². The van der Waals surface area contributed by atoms with E-state index in [2.05, 4.69) is 12.2 Å². The van der Waals surface area contributed by atoms with Crippen LogP contribution in [0.4, 0.5) is 4.39 Å². The van der Waals surface area contributed by atoms with Crippen LogP contribution in [-0.4, -0.2) is 6.54 Å². The van der Waals surface area contributed by atoms with Crippen molar-refractivity contribution in [1.82, 2.24) is 5.32 Å². The molecule has 3 heteroatoms.